The molecule has 0 saturated carbocycles. The molecule has 62 valence electrons. The monoisotopic (exact) mass is 147 g/mol. The van der Waals surface area contributed by atoms with Crippen LogP contribution in [0.25, 0.3) is 0 Å². The standard InChI is InChI=1S/C7H17NO2/c1-3-6(4-2)10-7(9)5-8/h6-7,9H,3-5,8H2,1-2H3. The van der Waals surface area contributed by atoms with E-state index < -0.39 is 6.29 Å². The molecule has 0 aromatic rings. The maximum absolute atomic E-state index is 8.94. The fourth-order valence-corrected chi connectivity index (χ4v) is 0.759. The van der Waals surface area contributed by atoms with E-state index in [1.165, 1.54) is 0 Å². The van der Waals surface area contributed by atoms with Crippen LogP contribution in [0.15, 0.2) is 0 Å². The lowest BCUT2D eigenvalue weighted by Gasteiger charge is -2.17. The zero-order chi connectivity index (χ0) is 7.98. The molecule has 3 heteroatoms. The number of rotatable bonds is 5. The van der Waals surface area contributed by atoms with Gasteiger partial charge in [-0.2, -0.15) is 0 Å². The Labute approximate surface area is 62.2 Å². The molecule has 0 aromatic heterocycles. The van der Waals surface area contributed by atoms with E-state index in [0.29, 0.717) is 0 Å². The predicted molar refractivity (Wildman–Crippen MR) is 40.5 cm³/mol. The van der Waals surface area contributed by atoms with E-state index in [0.717, 1.165) is 12.8 Å². The van der Waals surface area contributed by atoms with E-state index in [1.807, 2.05) is 13.8 Å². The molecule has 10 heavy (non-hydrogen) atoms. The Morgan fingerprint density at radius 1 is 1.40 bits per heavy atom. The lowest BCUT2D eigenvalue weighted by atomic mass is 10.2. The molecule has 0 aromatic carbocycles. The van der Waals surface area contributed by atoms with Crippen LogP contribution in [0.5, 0.6) is 0 Å². The molecule has 0 saturated heterocycles. The summed E-state index contributed by atoms with van der Waals surface area (Å²) in [5.41, 5.74) is 5.15. The molecule has 0 fully saturated rings. The van der Waals surface area contributed by atoms with Crippen LogP contribution in [0.1, 0.15) is 26.7 Å². The summed E-state index contributed by atoms with van der Waals surface area (Å²) in [6.07, 6.45) is 1.21. The summed E-state index contributed by atoms with van der Waals surface area (Å²) in [5.74, 6) is 0. The summed E-state index contributed by atoms with van der Waals surface area (Å²) in [4.78, 5) is 0. The summed E-state index contributed by atoms with van der Waals surface area (Å²) < 4.78 is 5.13. The lowest BCUT2D eigenvalue weighted by Crippen LogP contribution is -2.27. The van der Waals surface area contributed by atoms with Crippen LogP contribution in [0.4, 0.5) is 0 Å². The molecular formula is C7H17NO2. The Balaban J connectivity index is 3.41. The summed E-state index contributed by atoms with van der Waals surface area (Å²) in [7, 11) is 0. The average molecular weight is 147 g/mol. The van der Waals surface area contributed by atoms with Gasteiger partial charge in [0.15, 0.2) is 6.29 Å². The van der Waals surface area contributed by atoms with Gasteiger partial charge >= 0.3 is 0 Å². The van der Waals surface area contributed by atoms with E-state index in [1.54, 1.807) is 0 Å². The fourth-order valence-electron chi connectivity index (χ4n) is 0.759. The number of ether oxygens (including phenoxy) is 1. The van der Waals surface area contributed by atoms with Crippen molar-refractivity contribution in [3.05, 3.63) is 0 Å². The number of nitrogens with two attached hydrogens (primary N) is 1. The first-order valence-electron chi connectivity index (χ1n) is 3.78. The zero-order valence-corrected chi connectivity index (χ0v) is 6.71. The van der Waals surface area contributed by atoms with Gasteiger partial charge in [0.05, 0.1) is 6.10 Å². The summed E-state index contributed by atoms with van der Waals surface area (Å²) >= 11 is 0. The highest BCUT2D eigenvalue weighted by atomic mass is 16.6. The highest BCUT2D eigenvalue weighted by Crippen LogP contribution is 2.03. The Bertz CT molecular complexity index is 74.0. The Morgan fingerprint density at radius 3 is 2.20 bits per heavy atom. The molecule has 3 nitrogen and oxygen atoms in total. The van der Waals surface area contributed by atoms with E-state index in [9.17, 15) is 0 Å². The third-order valence-electron chi connectivity index (χ3n) is 1.46. The minimum Gasteiger partial charge on any atom is -0.367 e. The molecule has 0 aliphatic rings. The lowest BCUT2D eigenvalue weighted by molar-refractivity contribution is -0.130. The van der Waals surface area contributed by atoms with Gasteiger partial charge in [-0.1, -0.05) is 13.8 Å². The van der Waals surface area contributed by atoms with Crippen molar-refractivity contribution in [3.63, 3.8) is 0 Å². The van der Waals surface area contributed by atoms with Crippen LogP contribution >= 0.6 is 0 Å². The van der Waals surface area contributed by atoms with E-state index in [-0.39, 0.29) is 12.6 Å². The Morgan fingerprint density at radius 2 is 1.90 bits per heavy atom. The minimum absolute atomic E-state index is 0.151. The van der Waals surface area contributed by atoms with Crippen molar-refractivity contribution in [2.45, 2.75) is 39.1 Å². The van der Waals surface area contributed by atoms with E-state index in [2.05, 4.69) is 0 Å². The maximum atomic E-state index is 8.94. The highest BCUT2D eigenvalue weighted by molar-refractivity contribution is 4.52. The zero-order valence-electron chi connectivity index (χ0n) is 6.71. The number of aliphatic hydroxyl groups is 1. The molecule has 0 spiro atoms. The number of hydrogen-bond acceptors (Lipinski definition) is 3. The van der Waals surface area contributed by atoms with Crippen molar-refractivity contribution < 1.29 is 9.84 Å². The van der Waals surface area contributed by atoms with Gasteiger partial charge in [-0.3, -0.25) is 0 Å². The van der Waals surface area contributed by atoms with Crippen molar-refractivity contribution in [3.8, 4) is 0 Å². The summed E-state index contributed by atoms with van der Waals surface area (Å²) in [5, 5.41) is 8.94. The predicted octanol–water partition coefficient (Wildman–Crippen LogP) is 0.469. The molecule has 0 rings (SSSR count). The van der Waals surface area contributed by atoms with Crippen molar-refractivity contribution in [2.24, 2.45) is 5.73 Å². The molecule has 3 N–H and O–H groups in total. The van der Waals surface area contributed by atoms with Crippen molar-refractivity contribution in [1.82, 2.24) is 0 Å². The van der Waals surface area contributed by atoms with Gasteiger partial charge in [-0.25, -0.2) is 0 Å². The van der Waals surface area contributed by atoms with Crippen molar-refractivity contribution >= 4 is 0 Å². The molecule has 1 unspecified atom stereocenters. The van der Waals surface area contributed by atoms with Crippen LogP contribution in [0, 0.1) is 0 Å². The first-order chi connectivity index (χ1) is 4.74. The van der Waals surface area contributed by atoms with E-state index in [4.69, 9.17) is 15.6 Å². The first kappa shape index (κ1) is 9.88. The molecule has 0 radical (unpaired) electrons. The first-order valence-corrected chi connectivity index (χ1v) is 3.78. The number of hydrogen-bond donors (Lipinski definition) is 2. The maximum Gasteiger partial charge on any atom is 0.167 e. The summed E-state index contributed by atoms with van der Waals surface area (Å²) in [6, 6.07) is 0. The molecule has 0 amide bonds. The Hall–Kier alpha value is -0.120. The van der Waals surface area contributed by atoms with Crippen LogP contribution < -0.4 is 5.73 Å². The normalized spacial score (nSPS) is 14.1. The van der Waals surface area contributed by atoms with Gasteiger partial charge in [0.25, 0.3) is 0 Å². The van der Waals surface area contributed by atoms with Gasteiger partial charge in [-0.15, -0.1) is 0 Å². The van der Waals surface area contributed by atoms with Crippen molar-refractivity contribution in [2.75, 3.05) is 6.54 Å². The third-order valence-corrected chi connectivity index (χ3v) is 1.46. The summed E-state index contributed by atoms with van der Waals surface area (Å²) in [6.45, 7) is 4.23. The second kappa shape index (κ2) is 5.65. The average Bonchev–Trinajstić information content (AvgIpc) is 1.99. The second-order valence-electron chi connectivity index (χ2n) is 2.26. The van der Waals surface area contributed by atoms with Crippen LogP contribution in [-0.2, 0) is 4.74 Å². The second-order valence-corrected chi connectivity index (χ2v) is 2.26. The molecule has 0 aliphatic heterocycles. The largest absolute Gasteiger partial charge is 0.367 e. The molecule has 0 aliphatic carbocycles. The topological polar surface area (TPSA) is 55.5 Å². The molecular weight excluding hydrogens is 130 g/mol. The highest BCUT2D eigenvalue weighted by Gasteiger charge is 2.08. The van der Waals surface area contributed by atoms with Crippen LogP contribution in [0.2, 0.25) is 0 Å². The van der Waals surface area contributed by atoms with E-state index >= 15 is 0 Å². The molecule has 0 bridgehead atoms. The Kier molecular flexibility index (Phi) is 5.58. The number of aliphatic hydroxyl groups excluding tert-OH is 1. The van der Waals surface area contributed by atoms with Gasteiger partial charge < -0.3 is 15.6 Å². The molecule has 1 atom stereocenters. The van der Waals surface area contributed by atoms with Crippen LogP contribution in [-0.4, -0.2) is 24.0 Å². The van der Waals surface area contributed by atoms with Gasteiger partial charge in [-0.05, 0) is 12.8 Å². The SMILES string of the molecule is CCC(CC)OC(O)CN. The smallest absolute Gasteiger partial charge is 0.167 e. The third kappa shape index (κ3) is 3.82. The fraction of sp³-hybridized carbons (Fsp3) is 1.00. The minimum atomic E-state index is -0.787. The molecule has 0 heterocycles. The van der Waals surface area contributed by atoms with Gasteiger partial charge in [0.2, 0.25) is 0 Å². The quantitative estimate of drug-likeness (QED) is 0.556. The van der Waals surface area contributed by atoms with Gasteiger partial charge in [0.1, 0.15) is 0 Å². The van der Waals surface area contributed by atoms with Crippen molar-refractivity contribution in [1.29, 1.82) is 0 Å². The van der Waals surface area contributed by atoms with Gasteiger partial charge in [0, 0.05) is 6.54 Å². The van der Waals surface area contributed by atoms with Crippen LogP contribution in [0.3, 0.4) is 0 Å².